The lowest BCUT2D eigenvalue weighted by atomic mass is 10.1. The minimum Gasteiger partial charge on any atom is -0.481 e. The zero-order valence-electron chi connectivity index (χ0n) is 9.66. The fourth-order valence-electron chi connectivity index (χ4n) is 1.93. The number of carboxylic acid groups (broad SMARTS) is 1. The second-order valence-electron chi connectivity index (χ2n) is 4.28. The minimum atomic E-state index is -0.858. The molecule has 1 rings (SSSR count). The summed E-state index contributed by atoms with van der Waals surface area (Å²) >= 11 is 0. The molecular formula is C11H20N2O3. The quantitative estimate of drug-likeness (QED) is 0.664. The van der Waals surface area contributed by atoms with E-state index in [4.69, 9.17) is 5.11 Å². The van der Waals surface area contributed by atoms with Crippen LogP contribution in [0.4, 0.5) is 4.79 Å². The van der Waals surface area contributed by atoms with Gasteiger partial charge in [0.2, 0.25) is 0 Å². The Kier molecular flexibility index (Phi) is 5.08. The first kappa shape index (κ1) is 12.8. The molecule has 0 spiro atoms. The third-order valence-corrected chi connectivity index (χ3v) is 3.04. The third kappa shape index (κ3) is 4.08. The molecule has 0 aliphatic heterocycles. The first-order valence-corrected chi connectivity index (χ1v) is 5.90. The number of carbonyl (C=O) groups is 2. The van der Waals surface area contributed by atoms with E-state index in [9.17, 15) is 9.59 Å². The van der Waals surface area contributed by atoms with E-state index in [-0.39, 0.29) is 18.6 Å². The lowest BCUT2D eigenvalue weighted by Gasteiger charge is -2.15. The van der Waals surface area contributed by atoms with Gasteiger partial charge in [-0.25, -0.2) is 4.79 Å². The fourth-order valence-corrected chi connectivity index (χ4v) is 1.93. The van der Waals surface area contributed by atoms with Crippen LogP contribution in [0.5, 0.6) is 0 Å². The highest BCUT2D eigenvalue weighted by Gasteiger charge is 2.19. The lowest BCUT2D eigenvalue weighted by molar-refractivity contribution is -0.141. The molecule has 1 saturated carbocycles. The minimum absolute atomic E-state index is 0.199. The first-order valence-electron chi connectivity index (χ1n) is 5.90. The predicted octanol–water partition coefficient (Wildman–Crippen LogP) is 1.34. The Morgan fingerprint density at radius 2 is 2.00 bits per heavy atom. The van der Waals surface area contributed by atoms with Crippen LogP contribution in [0.3, 0.4) is 0 Å². The van der Waals surface area contributed by atoms with E-state index >= 15 is 0 Å². The standard InChI is InChI=1S/C11H20N2O3/c1-2-8(10(14)15)7-12-11(16)13-9-5-3-4-6-9/h8-9H,2-7H2,1H3,(H,14,15)(H2,12,13,16). The SMILES string of the molecule is CCC(CNC(=O)NC1CCCC1)C(=O)O. The van der Waals surface area contributed by atoms with E-state index in [1.165, 1.54) is 0 Å². The number of rotatable bonds is 5. The Labute approximate surface area is 95.6 Å². The van der Waals surface area contributed by atoms with Gasteiger partial charge < -0.3 is 15.7 Å². The molecule has 0 aromatic carbocycles. The molecule has 0 radical (unpaired) electrons. The number of aliphatic carboxylic acids is 1. The van der Waals surface area contributed by atoms with Gasteiger partial charge in [-0.1, -0.05) is 19.8 Å². The summed E-state index contributed by atoms with van der Waals surface area (Å²) in [6.07, 6.45) is 4.92. The van der Waals surface area contributed by atoms with Crippen LogP contribution in [-0.4, -0.2) is 29.7 Å². The van der Waals surface area contributed by atoms with E-state index in [0.717, 1.165) is 25.7 Å². The van der Waals surface area contributed by atoms with Gasteiger partial charge in [-0.15, -0.1) is 0 Å². The van der Waals surface area contributed by atoms with Crippen molar-refractivity contribution in [1.82, 2.24) is 10.6 Å². The number of carboxylic acids is 1. The summed E-state index contributed by atoms with van der Waals surface area (Å²) in [5.74, 6) is -1.35. The van der Waals surface area contributed by atoms with E-state index in [1.54, 1.807) is 6.92 Å². The molecule has 1 aliphatic carbocycles. The molecule has 5 heteroatoms. The molecule has 1 fully saturated rings. The van der Waals surface area contributed by atoms with Gasteiger partial charge in [0, 0.05) is 12.6 Å². The Bertz CT molecular complexity index is 250. The Hall–Kier alpha value is -1.26. The van der Waals surface area contributed by atoms with Crippen LogP contribution in [0, 0.1) is 5.92 Å². The number of carbonyl (C=O) groups excluding carboxylic acids is 1. The summed E-state index contributed by atoms with van der Waals surface area (Å²) in [5, 5.41) is 14.3. The number of hydrogen-bond donors (Lipinski definition) is 3. The molecule has 16 heavy (non-hydrogen) atoms. The van der Waals surface area contributed by atoms with Crippen molar-refractivity contribution < 1.29 is 14.7 Å². The van der Waals surface area contributed by atoms with Gasteiger partial charge in [0.15, 0.2) is 0 Å². The van der Waals surface area contributed by atoms with Gasteiger partial charge in [0.25, 0.3) is 0 Å². The van der Waals surface area contributed by atoms with Crippen LogP contribution in [0.15, 0.2) is 0 Å². The molecule has 0 saturated heterocycles. The number of nitrogens with one attached hydrogen (secondary N) is 2. The Morgan fingerprint density at radius 3 is 2.50 bits per heavy atom. The van der Waals surface area contributed by atoms with Crippen molar-refractivity contribution in [3.63, 3.8) is 0 Å². The smallest absolute Gasteiger partial charge is 0.315 e. The molecule has 5 nitrogen and oxygen atoms in total. The van der Waals surface area contributed by atoms with Crippen molar-refractivity contribution in [3.05, 3.63) is 0 Å². The summed E-state index contributed by atoms with van der Waals surface area (Å²) in [6, 6.07) is 0.0245. The average Bonchev–Trinajstić information content (AvgIpc) is 2.70. The van der Waals surface area contributed by atoms with Crippen LogP contribution in [0.25, 0.3) is 0 Å². The van der Waals surface area contributed by atoms with Crippen LogP contribution in [0.2, 0.25) is 0 Å². The summed E-state index contributed by atoms with van der Waals surface area (Å²) < 4.78 is 0. The van der Waals surface area contributed by atoms with Crippen molar-refractivity contribution >= 4 is 12.0 Å². The molecule has 1 aliphatic rings. The maximum Gasteiger partial charge on any atom is 0.315 e. The molecule has 0 heterocycles. The second-order valence-corrected chi connectivity index (χ2v) is 4.28. The van der Waals surface area contributed by atoms with Gasteiger partial charge in [-0.3, -0.25) is 4.79 Å². The van der Waals surface area contributed by atoms with E-state index < -0.39 is 11.9 Å². The van der Waals surface area contributed by atoms with Crippen LogP contribution >= 0.6 is 0 Å². The molecule has 92 valence electrons. The second kappa shape index (κ2) is 6.35. The monoisotopic (exact) mass is 228 g/mol. The molecule has 0 bridgehead atoms. The molecule has 1 unspecified atom stereocenters. The van der Waals surface area contributed by atoms with Gasteiger partial charge in [0.1, 0.15) is 0 Å². The molecule has 2 amide bonds. The van der Waals surface area contributed by atoms with Gasteiger partial charge in [0.05, 0.1) is 5.92 Å². The van der Waals surface area contributed by atoms with Crippen molar-refractivity contribution in [3.8, 4) is 0 Å². The molecule has 0 aromatic heterocycles. The number of amides is 2. The molecule has 0 aromatic rings. The Balaban J connectivity index is 2.20. The molecule has 3 N–H and O–H groups in total. The summed E-state index contributed by atoms with van der Waals surface area (Å²) in [7, 11) is 0. The van der Waals surface area contributed by atoms with Crippen molar-refractivity contribution in [2.75, 3.05) is 6.54 Å². The zero-order chi connectivity index (χ0) is 12.0. The summed E-state index contributed by atoms with van der Waals surface area (Å²) in [6.45, 7) is 2.00. The van der Waals surface area contributed by atoms with Gasteiger partial charge >= 0.3 is 12.0 Å². The van der Waals surface area contributed by atoms with Gasteiger partial charge in [-0.05, 0) is 19.3 Å². The average molecular weight is 228 g/mol. The van der Waals surface area contributed by atoms with Crippen molar-refractivity contribution in [2.45, 2.75) is 45.1 Å². The number of urea groups is 1. The van der Waals surface area contributed by atoms with Crippen LogP contribution in [0.1, 0.15) is 39.0 Å². The van der Waals surface area contributed by atoms with Crippen LogP contribution in [-0.2, 0) is 4.79 Å². The molecule has 1 atom stereocenters. The van der Waals surface area contributed by atoms with Crippen molar-refractivity contribution in [2.24, 2.45) is 5.92 Å². The first-order chi connectivity index (χ1) is 7.63. The Morgan fingerprint density at radius 1 is 1.38 bits per heavy atom. The normalized spacial score (nSPS) is 18.1. The van der Waals surface area contributed by atoms with Crippen LogP contribution < -0.4 is 10.6 Å². The largest absolute Gasteiger partial charge is 0.481 e. The van der Waals surface area contributed by atoms with E-state index in [2.05, 4.69) is 10.6 Å². The lowest BCUT2D eigenvalue weighted by Crippen LogP contribution is -2.43. The topological polar surface area (TPSA) is 78.4 Å². The highest BCUT2D eigenvalue weighted by Crippen LogP contribution is 2.17. The summed E-state index contributed by atoms with van der Waals surface area (Å²) in [5.41, 5.74) is 0. The molecular weight excluding hydrogens is 208 g/mol. The van der Waals surface area contributed by atoms with Crippen molar-refractivity contribution in [1.29, 1.82) is 0 Å². The number of hydrogen-bond acceptors (Lipinski definition) is 2. The zero-order valence-corrected chi connectivity index (χ0v) is 9.66. The highest BCUT2D eigenvalue weighted by atomic mass is 16.4. The highest BCUT2D eigenvalue weighted by molar-refractivity contribution is 5.76. The fraction of sp³-hybridized carbons (Fsp3) is 0.818. The maximum absolute atomic E-state index is 11.4. The predicted molar refractivity (Wildman–Crippen MR) is 60.2 cm³/mol. The maximum atomic E-state index is 11.4. The van der Waals surface area contributed by atoms with E-state index in [0.29, 0.717) is 6.42 Å². The van der Waals surface area contributed by atoms with E-state index in [1.807, 2.05) is 0 Å². The van der Waals surface area contributed by atoms with Gasteiger partial charge in [-0.2, -0.15) is 0 Å². The summed E-state index contributed by atoms with van der Waals surface area (Å²) in [4.78, 5) is 22.1. The third-order valence-electron chi connectivity index (χ3n) is 3.04.